The molecule has 0 saturated heterocycles. The molecular formula is C31H26NO+. The van der Waals surface area contributed by atoms with Crippen molar-refractivity contribution in [3.05, 3.63) is 143 Å². The van der Waals surface area contributed by atoms with E-state index in [1.165, 1.54) is 5.56 Å². The molecule has 0 saturated carbocycles. The third-order valence-corrected chi connectivity index (χ3v) is 6.14. The van der Waals surface area contributed by atoms with E-state index in [0.717, 1.165) is 40.1 Å². The van der Waals surface area contributed by atoms with Gasteiger partial charge in [0, 0.05) is 22.3 Å². The van der Waals surface area contributed by atoms with Gasteiger partial charge in [-0.25, -0.2) is 0 Å². The van der Waals surface area contributed by atoms with E-state index in [1.54, 1.807) is 0 Å². The summed E-state index contributed by atoms with van der Waals surface area (Å²) in [5.41, 5.74) is 5.82. The number of nitrogens with two attached hydrogens (primary N) is 1. The van der Waals surface area contributed by atoms with Crippen LogP contribution >= 0.6 is 0 Å². The van der Waals surface area contributed by atoms with Crippen LogP contribution in [-0.2, 0) is 12.3 Å². The van der Waals surface area contributed by atoms with Gasteiger partial charge in [-0.3, -0.25) is 5.32 Å². The van der Waals surface area contributed by atoms with Crippen LogP contribution in [0.15, 0.2) is 121 Å². The maximum atomic E-state index is 6.84. The Morgan fingerprint density at radius 1 is 0.697 bits per heavy atom. The Balaban J connectivity index is 1.67. The number of ether oxygens (including phenoxy) is 1. The molecule has 0 aromatic heterocycles. The number of allylic oxidation sites excluding steroid dienone is 1. The first-order valence-electron chi connectivity index (χ1n) is 11.3. The smallest absolute Gasteiger partial charge is 0.291 e. The molecule has 2 heteroatoms. The van der Waals surface area contributed by atoms with Gasteiger partial charge < -0.3 is 4.74 Å². The monoisotopic (exact) mass is 428 g/mol. The van der Waals surface area contributed by atoms with Gasteiger partial charge >= 0.3 is 0 Å². The molecule has 0 fully saturated rings. The summed E-state index contributed by atoms with van der Waals surface area (Å²) in [6.07, 6.45) is 0. The largest absolute Gasteiger partial charge is 0.432 e. The minimum atomic E-state index is -0.702. The molecule has 1 aliphatic rings. The van der Waals surface area contributed by atoms with Crippen LogP contribution in [0.2, 0.25) is 0 Å². The fourth-order valence-corrected chi connectivity index (χ4v) is 4.37. The molecule has 0 spiro atoms. The first-order valence-corrected chi connectivity index (χ1v) is 11.3. The van der Waals surface area contributed by atoms with Crippen LogP contribution in [0, 0.1) is 11.8 Å². The normalized spacial score (nSPS) is 16.9. The topological polar surface area (TPSA) is 25.8 Å². The minimum Gasteiger partial charge on any atom is -0.432 e. The number of para-hydroxylation sites is 1. The van der Waals surface area contributed by atoms with Crippen molar-refractivity contribution in [3.8, 4) is 17.6 Å². The summed E-state index contributed by atoms with van der Waals surface area (Å²) >= 11 is 0. The second kappa shape index (κ2) is 9.20. The summed E-state index contributed by atoms with van der Waals surface area (Å²) in [5.74, 6) is 7.72. The summed E-state index contributed by atoms with van der Waals surface area (Å²) < 4.78 is 6.84. The minimum absolute atomic E-state index is 0.702. The van der Waals surface area contributed by atoms with Crippen molar-refractivity contribution in [3.63, 3.8) is 0 Å². The molecule has 160 valence electrons. The molecular weight excluding hydrogens is 402 g/mol. The van der Waals surface area contributed by atoms with Crippen molar-refractivity contribution >= 4 is 5.57 Å². The van der Waals surface area contributed by atoms with E-state index in [9.17, 15) is 0 Å². The fourth-order valence-electron chi connectivity index (χ4n) is 4.37. The molecule has 1 heterocycles. The third-order valence-electron chi connectivity index (χ3n) is 6.14. The van der Waals surface area contributed by atoms with Crippen LogP contribution in [0.3, 0.4) is 0 Å². The Morgan fingerprint density at radius 3 is 2.03 bits per heavy atom. The zero-order valence-corrected chi connectivity index (χ0v) is 18.7. The average Bonchev–Trinajstić information content (AvgIpc) is 2.89. The molecule has 5 rings (SSSR count). The van der Waals surface area contributed by atoms with Gasteiger partial charge in [0.05, 0.1) is 11.1 Å². The van der Waals surface area contributed by atoms with E-state index in [0.29, 0.717) is 0 Å². The Labute approximate surface area is 195 Å². The van der Waals surface area contributed by atoms with E-state index in [2.05, 4.69) is 78.7 Å². The number of rotatable bonds is 4. The first kappa shape index (κ1) is 20.8. The molecule has 1 atom stereocenters. The standard InChI is InChI=1S/C31H25NO/c1-24-28(22-21-25-13-5-2-6-14-25)29-19-11-12-20-30(29)33-31(24,27-17-9-4-10-18-27)32-23-26-15-7-3-8-16-26/h2-20,32H,23H2,1H3/p+1/t31-/m0/s1. The highest BCUT2D eigenvalue weighted by molar-refractivity contribution is 5.87. The van der Waals surface area contributed by atoms with Crippen LogP contribution in [-0.4, -0.2) is 0 Å². The van der Waals surface area contributed by atoms with E-state index in [4.69, 9.17) is 4.74 Å². The van der Waals surface area contributed by atoms with Gasteiger partial charge in [-0.15, -0.1) is 0 Å². The van der Waals surface area contributed by atoms with Gasteiger partial charge in [0.15, 0.2) is 0 Å². The molecule has 0 amide bonds. The van der Waals surface area contributed by atoms with Gasteiger partial charge in [-0.05, 0) is 43.3 Å². The second-order valence-electron chi connectivity index (χ2n) is 8.21. The van der Waals surface area contributed by atoms with Gasteiger partial charge in [0.2, 0.25) is 0 Å². The zero-order valence-electron chi connectivity index (χ0n) is 18.7. The lowest BCUT2D eigenvalue weighted by Gasteiger charge is -2.37. The summed E-state index contributed by atoms with van der Waals surface area (Å²) in [6, 6.07) is 39.3. The van der Waals surface area contributed by atoms with E-state index >= 15 is 0 Å². The number of benzene rings is 4. The van der Waals surface area contributed by atoms with Gasteiger partial charge in [-0.1, -0.05) is 90.7 Å². The van der Waals surface area contributed by atoms with Crippen LogP contribution in [0.5, 0.6) is 5.75 Å². The number of hydrogen-bond acceptors (Lipinski definition) is 1. The van der Waals surface area contributed by atoms with Crippen molar-refractivity contribution in [2.45, 2.75) is 19.2 Å². The lowest BCUT2D eigenvalue weighted by Crippen LogP contribution is -2.96. The SMILES string of the molecule is CC1=C(C#Cc2ccccc2)c2ccccc2O[C@]1([NH2+]Cc1ccccc1)c1ccccc1. The maximum absolute atomic E-state index is 6.84. The quantitative estimate of drug-likeness (QED) is 0.426. The number of hydrogen-bond donors (Lipinski definition) is 1. The highest BCUT2D eigenvalue weighted by atomic mass is 16.5. The Kier molecular flexibility index (Phi) is 5.81. The van der Waals surface area contributed by atoms with Gasteiger partial charge in [0.1, 0.15) is 12.3 Å². The molecule has 0 bridgehead atoms. The molecule has 0 radical (unpaired) electrons. The van der Waals surface area contributed by atoms with Crippen molar-refractivity contribution in [1.82, 2.24) is 0 Å². The highest BCUT2D eigenvalue weighted by Crippen LogP contribution is 2.42. The molecule has 0 aliphatic carbocycles. The van der Waals surface area contributed by atoms with E-state index in [1.807, 2.05) is 60.7 Å². The number of quaternary nitrogens is 1. The molecule has 0 unspecified atom stereocenters. The molecule has 2 N–H and O–H groups in total. The Morgan fingerprint density at radius 2 is 1.30 bits per heavy atom. The van der Waals surface area contributed by atoms with Crippen LogP contribution in [0.4, 0.5) is 0 Å². The predicted molar refractivity (Wildman–Crippen MR) is 133 cm³/mol. The van der Waals surface area contributed by atoms with Crippen molar-refractivity contribution < 1.29 is 10.1 Å². The summed E-state index contributed by atoms with van der Waals surface area (Å²) in [7, 11) is 0. The van der Waals surface area contributed by atoms with E-state index in [-0.39, 0.29) is 0 Å². The highest BCUT2D eigenvalue weighted by Gasteiger charge is 2.45. The Hall–Kier alpha value is -4.06. The summed E-state index contributed by atoms with van der Waals surface area (Å²) in [6.45, 7) is 2.94. The summed E-state index contributed by atoms with van der Waals surface area (Å²) in [4.78, 5) is 0. The molecule has 4 aromatic rings. The number of fused-ring (bicyclic) bond motifs is 1. The van der Waals surface area contributed by atoms with Crippen LogP contribution in [0.25, 0.3) is 5.57 Å². The molecule has 1 aliphatic heterocycles. The average molecular weight is 429 g/mol. The predicted octanol–water partition coefficient (Wildman–Crippen LogP) is 5.52. The second-order valence-corrected chi connectivity index (χ2v) is 8.21. The van der Waals surface area contributed by atoms with Crippen LogP contribution in [0.1, 0.15) is 29.2 Å². The fraction of sp³-hybridized carbons (Fsp3) is 0.0968. The summed E-state index contributed by atoms with van der Waals surface area (Å²) in [5, 5.41) is 2.28. The van der Waals surface area contributed by atoms with Gasteiger partial charge in [-0.2, -0.15) is 0 Å². The van der Waals surface area contributed by atoms with Crippen LogP contribution < -0.4 is 10.1 Å². The Bertz CT molecular complexity index is 1330. The third kappa shape index (κ3) is 4.20. The molecule has 2 nitrogen and oxygen atoms in total. The van der Waals surface area contributed by atoms with Crippen molar-refractivity contribution in [2.75, 3.05) is 0 Å². The zero-order chi connectivity index (χ0) is 22.5. The van der Waals surface area contributed by atoms with Gasteiger partial charge in [0.25, 0.3) is 5.72 Å². The van der Waals surface area contributed by atoms with Crippen molar-refractivity contribution in [2.24, 2.45) is 0 Å². The lowest BCUT2D eigenvalue weighted by atomic mass is 9.85. The maximum Gasteiger partial charge on any atom is 0.291 e. The lowest BCUT2D eigenvalue weighted by molar-refractivity contribution is -0.774. The molecule has 33 heavy (non-hydrogen) atoms. The van der Waals surface area contributed by atoms with Crippen molar-refractivity contribution in [1.29, 1.82) is 0 Å². The van der Waals surface area contributed by atoms with E-state index < -0.39 is 5.72 Å². The first-order chi connectivity index (χ1) is 16.3. The molecule has 4 aromatic carbocycles.